The van der Waals surface area contributed by atoms with E-state index in [1.165, 1.54) is 0 Å². The number of carboxylic acids is 1. The van der Waals surface area contributed by atoms with Crippen LogP contribution in [0, 0.1) is 0 Å². The average molecular weight is 350 g/mol. The summed E-state index contributed by atoms with van der Waals surface area (Å²) in [7, 11) is -1.21. The standard InChI is InChI=1S/C16H23BN2O6/c18-6-7-24-12-3-1-2-11(8-12)9-15(20)19-14-5-4-13(10-16(21)22)25-17(14)23/h1-3,8,13-14,23H,4-7,9-10,18H2,(H,19,20)(H,21,22). The summed E-state index contributed by atoms with van der Waals surface area (Å²) in [6, 6.07) is 7.17. The largest absolute Gasteiger partial charge is 0.492 e. The van der Waals surface area contributed by atoms with E-state index in [1.54, 1.807) is 18.2 Å². The molecule has 0 saturated carbocycles. The summed E-state index contributed by atoms with van der Waals surface area (Å²) in [5.74, 6) is -1.13. The predicted octanol–water partition coefficient (Wildman–Crippen LogP) is -0.275. The molecule has 1 aliphatic heterocycles. The summed E-state index contributed by atoms with van der Waals surface area (Å²) in [4.78, 5) is 22.9. The molecule has 8 nitrogen and oxygen atoms in total. The molecule has 1 amide bonds. The lowest BCUT2D eigenvalue weighted by Crippen LogP contribution is -2.53. The summed E-state index contributed by atoms with van der Waals surface area (Å²) in [6.45, 7) is 0.811. The zero-order valence-corrected chi connectivity index (χ0v) is 13.9. The molecule has 2 rings (SSSR count). The van der Waals surface area contributed by atoms with Crippen LogP contribution in [0.3, 0.4) is 0 Å². The molecule has 2 unspecified atom stereocenters. The molecule has 0 radical (unpaired) electrons. The van der Waals surface area contributed by atoms with E-state index in [0.29, 0.717) is 31.7 Å². The summed E-state index contributed by atoms with van der Waals surface area (Å²) in [6.07, 6.45) is 0.382. The van der Waals surface area contributed by atoms with Crippen molar-refractivity contribution in [3.63, 3.8) is 0 Å². The lowest BCUT2D eigenvalue weighted by Gasteiger charge is -2.30. The molecule has 1 aromatic rings. The van der Waals surface area contributed by atoms with Crippen molar-refractivity contribution in [1.82, 2.24) is 5.32 Å². The number of hydrogen-bond acceptors (Lipinski definition) is 6. The monoisotopic (exact) mass is 350 g/mol. The van der Waals surface area contributed by atoms with Gasteiger partial charge in [0, 0.05) is 6.54 Å². The molecular weight excluding hydrogens is 327 g/mol. The molecule has 5 N–H and O–H groups in total. The summed E-state index contributed by atoms with van der Waals surface area (Å²) < 4.78 is 10.7. The number of hydrogen-bond donors (Lipinski definition) is 4. The topological polar surface area (TPSA) is 131 Å². The molecule has 9 heteroatoms. The maximum absolute atomic E-state index is 12.2. The van der Waals surface area contributed by atoms with Crippen molar-refractivity contribution in [2.45, 2.75) is 37.7 Å². The van der Waals surface area contributed by atoms with Crippen molar-refractivity contribution < 1.29 is 29.1 Å². The smallest absolute Gasteiger partial charge is 0.478 e. The molecule has 25 heavy (non-hydrogen) atoms. The highest BCUT2D eigenvalue weighted by atomic mass is 16.5. The van der Waals surface area contributed by atoms with E-state index >= 15 is 0 Å². The minimum atomic E-state index is -1.21. The van der Waals surface area contributed by atoms with Crippen LogP contribution in [0.15, 0.2) is 24.3 Å². The number of rotatable bonds is 8. The first-order valence-corrected chi connectivity index (χ1v) is 8.24. The molecule has 0 aromatic heterocycles. The third kappa shape index (κ3) is 6.37. The highest BCUT2D eigenvalue weighted by Gasteiger charge is 2.36. The number of carbonyl (C=O) groups excluding carboxylic acids is 1. The van der Waals surface area contributed by atoms with Gasteiger partial charge in [-0.25, -0.2) is 0 Å². The predicted molar refractivity (Wildman–Crippen MR) is 91.0 cm³/mol. The summed E-state index contributed by atoms with van der Waals surface area (Å²) >= 11 is 0. The van der Waals surface area contributed by atoms with E-state index in [1.807, 2.05) is 6.07 Å². The number of amides is 1. The molecule has 1 fully saturated rings. The molecule has 0 spiro atoms. The van der Waals surface area contributed by atoms with Crippen molar-refractivity contribution >= 4 is 19.0 Å². The van der Waals surface area contributed by atoms with Crippen LogP contribution in [0.2, 0.25) is 0 Å². The molecule has 0 bridgehead atoms. The van der Waals surface area contributed by atoms with Gasteiger partial charge in [-0.2, -0.15) is 0 Å². The maximum atomic E-state index is 12.2. The molecule has 1 saturated heterocycles. The van der Waals surface area contributed by atoms with E-state index in [9.17, 15) is 14.6 Å². The zero-order chi connectivity index (χ0) is 18.2. The van der Waals surface area contributed by atoms with Crippen molar-refractivity contribution in [3.05, 3.63) is 29.8 Å². The minimum absolute atomic E-state index is 0.140. The lowest BCUT2D eigenvalue weighted by molar-refractivity contribution is -0.139. The van der Waals surface area contributed by atoms with Gasteiger partial charge < -0.3 is 30.6 Å². The SMILES string of the molecule is NCCOc1cccc(CC(=O)NC2CCC(CC(=O)O)OB2O)c1. The second-order valence-electron chi connectivity index (χ2n) is 5.96. The zero-order valence-electron chi connectivity index (χ0n) is 13.9. The van der Waals surface area contributed by atoms with Crippen molar-refractivity contribution in [2.24, 2.45) is 5.73 Å². The Kier molecular flexibility index (Phi) is 7.23. The molecule has 0 aliphatic carbocycles. The minimum Gasteiger partial charge on any atom is -0.492 e. The van der Waals surface area contributed by atoms with Crippen molar-refractivity contribution in [2.75, 3.05) is 13.2 Å². The van der Waals surface area contributed by atoms with Crippen LogP contribution < -0.4 is 15.8 Å². The fourth-order valence-corrected chi connectivity index (χ4v) is 2.72. The van der Waals surface area contributed by atoms with Gasteiger partial charge in [0.15, 0.2) is 0 Å². The molecule has 1 aromatic carbocycles. The number of carboxylic acid groups (broad SMARTS) is 1. The van der Waals surface area contributed by atoms with Crippen LogP contribution in [0.1, 0.15) is 24.8 Å². The molecule has 2 atom stereocenters. The summed E-state index contributed by atoms with van der Waals surface area (Å²) in [5, 5.41) is 21.4. The Bertz CT molecular complexity index is 600. The number of aliphatic carboxylic acids is 1. The summed E-state index contributed by atoms with van der Waals surface area (Å²) in [5.41, 5.74) is 6.17. The van der Waals surface area contributed by atoms with E-state index in [-0.39, 0.29) is 18.7 Å². The van der Waals surface area contributed by atoms with E-state index < -0.39 is 25.1 Å². The Balaban J connectivity index is 1.83. The Morgan fingerprint density at radius 1 is 1.40 bits per heavy atom. The van der Waals surface area contributed by atoms with Crippen LogP contribution in [-0.4, -0.2) is 54.3 Å². The molecule has 1 aliphatic rings. The first-order valence-electron chi connectivity index (χ1n) is 8.24. The average Bonchev–Trinajstić information content (AvgIpc) is 2.55. The van der Waals surface area contributed by atoms with Gasteiger partial charge in [-0.15, -0.1) is 0 Å². The Labute approximate surface area is 146 Å². The van der Waals surface area contributed by atoms with Gasteiger partial charge in [0.2, 0.25) is 5.91 Å². The fourth-order valence-electron chi connectivity index (χ4n) is 2.72. The highest BCUT2D eigenvalue weighted by molar-refractivity contribution is 6.45. The highest BCUT2D eigenvalue weighted by Crippen LogP contribution is 2.19. The van der Waals surface area contributed by atoms with Crippen molar-refractivity contribution in [1.29, 1.82) is 0 Å². The number of nitrogens with one attached hydrogen (secondary N) is 1. The maximum Gasteiger partial charge on any atom is 0.478 e. The van der Waals surface area contributed by atoms with Crippen LogP contribution >= 0.6 is 0 Å². The third-order valence-electron chi connectivity index (χ3n) is 3.87. The van der Waals surface area contributed by atoms with Gasteiger partial charge in [-0.05, 0) is 30.5 Å². The Morgan fingerprint density at radius 2 is 2.20 bits per heavy atom. The Hall–Kier alpha value is -2.10. The first kappa shape index (κ1) is 19.2. The van der Waals surface area contributed by atoms with Crippen LogP contribution in [0.4, 0.5) is 0 Å². The fraction of sp³-hybridized carbons (Fsp3) is 0.500. The molecular formula is C16H23BN2O6. The number of ether oxygens (including phenoxy) is 1. The van der Waals surface area contributed by atoms with Gasteiger partial charge in [-0.3, -0.25) is 9.59 Å². The van der Waals surface area contributed by atoms with Gasteiger partial charge in [0.1, 0.15) is 12.4 Å². The van der Waals surface area contributed by atoms with Gasteiger partial charge >= 0.3 is 13.1 Å². The normalized spacial score (nSPS) is 20.2. The molecule has 136 valence electrons. The number of nitrogens with two attached hydrogens (primary N) is 1. The van der Waals surface area contributed by atoms with E-state index in [0.717, 1.165) is 5.56 Å². The second-order valence-corrected chi connectivity index (χ2v) is 5.96. The van der Waals surface area contributed by atoms with E-state index in [2.05, 4.69) is 5.32 Å². The molecule has 1 heterocycles. The van der Waals surface area contributed by atoms with Gasteiger partial charge in [0.25, 0.3) is 0 Å². The number of benzene rings is 1. The lowest BCUT2D eigenvalue weighted by atomic mass is 9.72. The van der Waals surface area contributed by atoms with Crippen LogP contribution in [-0.2, 0) is 20.7 Å². The third-order valence-corrected chi connectivity index (χ3v) is 3.87. The Morgan fingerprint density at radius 3 is 2.88 bits per heavy atom. The van der Waals surface area contributed by atoms with Crippen LogP contribution in [0.25, 0.3) is 0 Å². The van der Waals surface area contributed by atoms with Crippen molar-refractivity contribution in [3.8, 4) is 5.75 Å². The van der Waals surface area contributed by atoms with E-state index in [4.69, 9.17) is 20.2 Å². The van der Waals surface area contributed by atoms with Gasteiger partial charge in [0.05, 0.1) is 24.9 Å². The second kappa shape index (κ2) is 9.40. The van der Waals surface area contributed by atoms with Crippen LogP contribution in [0.5, 0.6) is 5.75 Å². The van der Waals surface area contributed by atoms with Gasteiger partial charge in [-0.1, -0.05) is 12.1 Å². The first-order chi connectivity index (χ1) is 12.0. The quantitative estimate of drug-likeness (QED) is 0.475. The number of carbonyl (C=O) groups is 2.